The molecule has 1 atom stereocenters. The van der Waals surface area contributed by atoms with E-state index in [0.717, 1.165) is 19.3 Å². The molecule has 0 saturated heterocycles. The first kappa shape index (κ1) is 45.6. The quantitative estimate of drug-likeness (QED) is 0.0768. The molecule has 0 aromatic rings. The molecule has 0 aliphatic carbocycles. The molecule has 12 heteroatoms. The average molecular weight is 687 g/mol. The Bertz CT molecular complexity index is 875. The lowest BCUT2D eigenvalue weighted by Gasteiger charge is -2.16. The van der Waals surface area contributed by atoms with Gasteiger partial charge in [0.25, 0.3) is 0 Å². The van der Waals surface area contributed by atoms with Crippen molar-refractivity contribution in [3.63, 3.8) is 0 Å². The van der Waals surface area contributed by atoms with Crippen molar-refractivity contribution in [1.29, 1.82) is 0 Å². The van der Waals surface area contributed by atoms with Crippen molar-refractivity contribution >= 4 is 29.4 Å². The number of ether oxygens (including phenoxy) is 4. The van der Waals surface area contributed by atoms with Crippen LogP contribution in [0.4, 0.5) is 0 Å². The van der Waals surface area contributed by atoms with Gasteiger partial charge in [0, 0.05) is 37.8 Å². The molecule has 1 unspecified atom stereocenters. The van der Waals surface area contributed by atoms with Crippen molar-refractivity contribution in [3.8, 4) is 0 Å². The molecule has 0 saturated carbocycles. The molecule has 0 bridgehead atoms. The summed E-state index contributed by atoms with van der Waals surface area (Å²) < 4.78 is 21.4. The molecule has 0 spiro atoms. The molecule has 2 amide bonds. The summed E-state index contributed by atoms with van der Waals surface area (Å²) in [5.74, 6) is -1.74. The summed E-state index contributed by atoms with van der Waals surface area (Å²) in [5.41, 5.74) is -0.426. The zero-order valence-electron chi connectivity index (χ0n) is 30.4. The summed E-state index contributed by atoms with van der Waals surface area (Å²) >= 11 is 0. The van der Waals surface area contributed by atoms with E-state index in [2.05, 4.69) is 17.6 Å². The Balaban J connectivity index is 3.70. The maximum atomic E-state index is 12.2. The van der Waals surface area contributed by atoms with Crippen molar-refractivity contribution in [2.45, 2.75) is 136 Å². The summed E-state index contributed by atoms with van der Waals surface area (Å²) in [5, 5.41) is 14.7. The number of hydrogen-bond acceptors (Lipinski definition) is 9. The molecule has 12 nitrogen and oxygen atoms in total. The molecule has 3 N–H and O–H groups in total. The summed E-state index contributed by atoms with van der Waals surface area (Å²) in [7, 11) is 0. The first-order chi connectivity index (χ1) is 23.0. The molecule has 0 aromatic heterocycles. The molecular weight excluding hydrogens is 620 g/mol. The number of hydrogen-bond donors (Lipinski definition) is 3. The number of ketones is 2. The molecule has 0 fully saturated rings. The number of rotatable bonds is 34. The van der Waals surface area contributed by atoms with Crippen LogP contribution in [-0.4, -0.2) is 99.9 Å². The first-order valence-electron chi connectivity index (χ1n) is 18.1. The molecule has 0 rings (SSSR count). The number of Topliss-reactive ketones (excluding diaryl/α,β-unsaturated/α-hetero) is 2. The zero-order chi connectivity index (χ0) is 35.9. The second kappa shape index (κ2) is 30.6. The number of carboxylic acids is 1. The largest absolute Gasteiger partial charge is 0.480 e. The van der Waals surface area contributed by atoms with Crippen molar-refractivity contribution in [1.82, 2.24) is 10.6 Å². The first-order valence-corrected chi connectivity index (χ1v) is 18.1. The summed E-state index contributed by atoms with van der Waals surface area (Å²) in [6.45, 7) is 9.80. The van der Waals surface area contributed by atoms with E-state index in [1.165, 1.54) is 51.4 Å². The maximum absolute atomic E-state index is 12.2. The van der Waals surface area contributed by atoms with Gasteiger partial charge < -0.3 is 34.7 Å². The van der Waals surface area contributed by atoms with Crippen LogP contribution in [0.25, 0.3) is 0 Å². The van der Waals surface area contributed by atoms with E-state index in [9.17, 15) is 29.1 Å². The predicted octanol–water partition coefficient (Wildman–Crippen LogP) is 5.18. The predicted molar refractivity (Wildman–Crippen MR) is 185 cm³/mol. The van der Waals surface area contributed by atoms with Gasteiger partial charge in [-0.05, 0) is 19.3 Å². The summed E-state index contributed by atoms with van der Waals surface area (Å²) in [4.78, 5) is 59.6. The Morgan fingerprint density at radius 3 is 1.73 bits per heavy atom. The van der Waals surface area contributed by atoms with Crippen LogP contribution in [0.1, 0.15) is 130 Å². The van der Waals surface area contributed by atoms with E-state index < -0.39 is 17.4 Å². The average Bonchev–Trinajstić information content (AvgIpc) is 3.03. The lowest BCUT2D eigenvalue weighted by molar-refractivity contribution is -0.142. The van der Waals surface area contributed by atoms with Crippen LogP contribution >= 0.6 is 0 Å². The van der Waals surface area contributed by atoms with Crippen molar-refractivity contribution in [3.05, 3.63) is 0 Å². The van der Waals surface area contributed by atoms with Gasteiger partial charge in [0.1, 0.15) is 25.0 Å². The molecule has 0 aliphatic rings. The monoisotopic (exact) mass is 686 g/mol. The van der Waals surface area contributed by atoms with Gasteiger partial charge in [-0.1, -0.05) is 91.9 Å². The number of aliphatic carboxylic acids is 1. The Morgan fingerprint density at radius 1 is 0.604 bits per heavy atom. The Labute approximate surface area is 289 Å². The normalized spacial score (nSPS) is 12.1. The van der Waals surface area contributed by atoms with E-state index in [1.807, 2.05) is 20.8 Å². The number of amides is 2. The third-order valence-electron chi connectivity index (χ3n) is 7.71. The molecule has 0 aromatic carbocycles. The SMILES string of the molecule is CCCCCCCCCCCCCC(=O)NC(CCC(=O)CCCOCCOCC(=O)NCCOCCOCC(=O)C(C)(C)C)C(=O)O. The fourth-order valence-corrected chi connectivity index (χ4v) is 4.58. The maximum Gasteiger partial charge on any atom is 0.326 e. The number of carbonyl (C=O) groups excluding carboxylic acids is 4. The Kier molecular flexibility index (Phi) is 29.1. The number of unbranched alkanes of at least 4 members (excludes halogenated alkanes) is 10. The second-order valence-corrected chi connectivity index (χ2v) is 13.3. The fraction of sp³-hybridized carbons (Fsp3) is 0.861. The smallest absolute Gasteiger partial charge is 0.326 e. The van der Waals surface area contributed by atoms with Crippen LogP contribution in [0.5, 0.6) is 0 Å². The minimum Gasteiger partial charge on any atom is -0.480 e. The highest BCUT2D eigenvalue weighted by Gasteiger charge is 2.21. The molecule has 0 heterocycles. The highest BCUT2D eigenvalue weighted by molar-refractivity contribution is 5.85. The highest BCUT2D eigenvalue weighted by Crippen LogP contribution is 2.14. The molecule has 0 radical (unpaired) electrons. The van der Waals surface area contributed by atoms with Crippen LogP contribution < -0.4 is 10.6 Å². The van der Waals surface area contributed by atoms with Gasteiger partial charge in [0.15, 0.2) is 5.78 Å². The molecule has 280 valence electrons. The van der Waals surface area contributed by atoms with Crippen molar-refractivity contribution in [2.24, 2.45) is 5.41 Å². The van der Waals surface area contributed by atoms with Gasteiger partial charge in [-0.15, -0.1) is 0 Å². The van der Waals surface area contributed by atoms with Gasteiger partial charge in [-0.3, -0.25) is 19.2 Å². The van der Waals surface area contributed by atoms with Crippen LogP contribution in [0.3, 0.4) is 0 Å². The fourth-order valence-electron chi connectivity index (χ4n) is 4.58. The Morgan fingerprint density at radius 2 is 1.15 bits per heavy atom. The highest BCUT2D eigenvalue weighted by atomic mass is 16.5. The van der Waals surface area contributed by atoms with E-state index >= 15 is 0 Å². The van der Waals surface area contributed by atoms with E-state index in [0.29, 0.717) is 45.8 Å². The molecule has 0 aliphatic heterocycles. The lowest BCUT2D eigenvalue weighted by atomic mass is 9.91. The van der Waals surface area contributed by atoms with Crippen LogP contribution in [0.2, 0.25) is 0 Å². The van der Waals surface area contributed by atoms with Gasteiger partial charge in [0.2, 0.25) is 11.8 Å². The summed E-state index contributed by atoms with van der Waals surface area (Å²) in [6, 6.07) is -1.07. The van der Waals surface area contributed by atoms with E-state index in [4.69, 9.17) is 18.9 Å². The number of carbonyl (C=O) groups is 5. The van der Waals surface area contributed by atoms with E-state index in [1.54, 1.807) is 0 Å². The van der Waals surface area contributed by atoms with Crippen molar-refractivity contribution in [2.75, 3.05) is 59.4 Å². The van der Waals surface area contributed by atoms with Crippen molar-refractivity contribution < 1.29 is 48.0 Å². The zero-order valence-corrected chi connectivity index (χ0v) is 30.4. The van der Waals surface area contributed by atoms with Gasteiger partial charge >= 0.3 is 5.97 Å². The van der Waals surface area contributed by atoms with Crippen LogP contribution in [0.15, 0.2) is 0 Å². The lowest BCUT2D eigenvalue weighted by Crippen LogP contribution is -2.41. The number of nitrogens with one attached hydrogen (secondary N) is 2. The summed E-state index contributed by atoms with van der Waals surface area (Å²) in [6.07, 6.45) is 14.2. The van der Waals surface area contributed by atoms with Gasteiger partial charge in [-0.25, -0.2) is 4.79 Å². The number of carboxylic acid groups (broad SMARTS) is 1. The third kappa shape index (κ3) is 29.7. The van der Waals surface area contributed by atoms with Crippen LogP contribution in [-0.2, 0) is 42.9 Å². The standard InChI is InChI=1S/C36H66N2O10/c1-5-6-7-8-9-10-11-12-13-14-15-18-33(41)38-31(35(43)44)20-19-30(39)17-16-22-45-24-27-48-29-34(42)37-21-23-46-25-26-47-28-32(40)36(2,3)4/h31H,5-29H2,1-4H3,(H,37,42)(H,38,41)(H,43,44). The van der Waals surface area contributed by atoms with Gasteiger partial charge in [-0.2, -0.15) is 0 Å². The van der Waals surface area contributed by atoms with Gasteiger partial charge in [0.05, 0.1) is 33.0 Å². The third-order valence-corrected chi connectivity index (χ3v) is 7.71. The second-order valence-electron chi connectivity index (χ2n) is 13.3. The minimum atomic E-state index is -1.13. The Hall–Kier alpha value is -2.41. The topological polar surface area (TPSA) is 167 Å². The van der Waals surface area contributed by atoms with Crippen LogP contribution in [0, 0.1) is 5.41 Å². The molecule has 48 heavy (non-hydrogen) atoms. The van der Waals surface area contributed by atoms with E-state index in [-0.39, 0.29) is 69.1 Å². The molecular formula is C36H66N2O10. The minimum absolute atomic E-state index is 0.0295.